The average molecular weight is 562 g/mol. The van der Waals surface area contributed by atoms with Crippen molar-refractivity contribution in [2.75, 3.05) is 0 Å². The fraction of sp³-hybridized carbons (Fsp3) is 0.622. The summed E-state index contributed by atoms with van der Waals surface area (Å²) in [7, 11) is 0. The second kappa shape index (κ2) is 15.0. The van der Waals surface area contributed by atoms with Crippen molar-refractivity contribution in [3.8, 4) is 0 Å². The molecule has 1 amide bonds. The van der Waals surface area contributed by atoms with Gasteiger partial charge in [0.05, 0.1) is 0 Å². The molecule has 2 aliphatic carbocycles. The van der Waals surface area contributed by atoms with Crippen LogP contribution in [-0.2, 0) is 26.0 Å². The Hall–Kier alpha value is -2.62. The van der Waals surface area contributed by atoms with E-state index in [1.165, 1.54) is 75.3 Å². The van der Waals surface area contributed by atoms with E-state index in [1.807, 2.05) is 24.3 Å². The number of carbonyl (C=O) groups is 2. The third kappa shape index (κ3) is 8.69. The number of carboxylic acid groups (broad SMARTS) is 1. The second-order valence-corrected chi connectivity index (χ2v) is 13.7. The highest BCUT2D eigenvalue weighted by Gasteiger charge is 2.45. The first kappa shape index (κ1) is 32.9. The van der Waals surface area contributed by atoms with Crippen molar-refractivity contribution in [3.63, 3.8) is 0 Å². The first-order valence-electron chi connectivity index (χ1n) is 16.3. The molecule has 41 heavy (non-hydrogen) atoms. The largest absolute Gasteiger partial charge is 0.481 e. The summed E-state index contributed by atoms with van der Waals surface area (Å²) in [6.45, 7) is 11.3. The lowest BCUT2D eigenvalue weighted by Crippen LogP contribution is -2.52. The van der Waals surface area contributed by atoms with Gasteiger partial charge < -0.3 is 10.4 Å². The molecular weight excluding hydrogens is 506 g/mol. The van der Waals surface area contributed by atoms with E-state index >= 15 is 0 Å². The van der Waals surface area contributed by atoms with Gasteiger partial charge in [-0.15, -0.1) is 0 Å². The monoisotopic (exact) mass is 561 g/mol. The maximum atomic E-state index is 13.2. The van der Waals surface area contributed by atoms with Gasteiger partial charge in [0.1, 0.15) is 11.5 Å². The number of benzene rings is 1. The van der Waals surface area contributed by atoms with Crippen LogP contribution in [-0.4, -0.2) is 17.0 Å². The number of unbranched alkanes of at least 4 members (excludes halogenated alkanes) is 11. The number of aliphatic carboxylic acids is 1. The molecule has 0 saturated heterocycles. The van der Waals surface area contributed by atoms with Gasteiger partial charge in [-0.1, -0.05) is 147 Å². The van der Waals surface area contributed by atoms with Crippen LogP contribution >= 0.6 is 0 Å². The average Bonchev–Trinajstić information content (AvgIpc) is 2.93. The SMILES string of the molecule is CCCCCCCCCCCCCC=CC(=O)NC1(c2ccc3c(c2)C(C)(C)CCC3(C)C)C=CC=CC1C(=O)O. The fourth-order valence-corrected chi connectivity index (χ4v) is 6.59. The Labute approximate surface area is 249 Å². The molecule has 3 rings (SSSR count). The van der Waals surface area contributed by atoms with Gasteiger partial charge in [0.25, 0.3) is 0 Å². The van der Waals surface area contributed by atoms with Gasteiger partial charge in [-0.25, -0.2) is 0 Å². The Morgan fingerprint density at radius 2 is 1.44 bits per heavy atom. The second-order valence-electron chi connectivity index (χ2n) is 13.7. The van der Waals surface area contributed by atoms with Gasteiger partial charge in [0.2, 0.25) is 5.91 Å². The van der Waals surface area contributed by atoms with Crippen molar-refractivity contribution in [2.45, 2.75) is 141 Å². The summed E-state index contributed by atoms with van der Waals surface area (Å²) in [6, 6.07) is 6.34. The van der Waals surface area contributed by atoms with Gasteiger partial charge in [-0.3, -0.25) is 9.59 Å². The van der Waals surface area contributed by atoms with Gasteiger partial charge >= 0.3 is 5.97 Å². The van der Waals surface area contributed by atoms with Gasteiger partial charge in [0, 0.05) is 0 Å². The van der Waals surface area contributed by atoms with Crippen molar-refractivity contribution in [3.05, 3.63) is 71.3 Å². The number of hydrogen-bond donors (Lipinski definition) is 2. The highest BCUT2D eigenvalue weighted by molar-refractivity contribution is 5.90. The highest BCUT2D eigenvalue weighted by atomic mass is 16.4. The van der Waals surface area contributed by atoms with Crippen LogP contribution in [0.5, 0.6) is 0 Å². The molecule has 1 aromatic carbocycles. The number of allylic oxidation sites excluding steroid dienone is 3. The molecule has 4 nitrogen and oxygen atoms in total. The van der Waals surface area contributed by atoms with Crippen molar-refractivity contribution < 1.29 is 14.7 Å². The Balaban J connectivity index is 1.63. The lowest BCUT2D eigenvalue weighted by molar-refractivity contribution is -0.142. The topological polar surface area (TPSA) is 66.4 Å². The molecule has 0 aliphatic heterocycles. The number of carbonyl (C=O) groups excluding carboxylic acids is 1. The molecule has 0 heterocycles. The number of nitrogens with one attached hydrogen (secondary N) is 1. The van der Waals surface area contributed by atoms with Crippen molar-refractivity contribution >= 4 is 11.9 Å². The molecule has 2 unspecified atom stereocenters. The van der Waals surface area contributed by atoms with Crippen molar-refractivity contribution in [2.24, 2.45) is 5.92 Å². The first-order chi connectivity index (χ1) is 19.5. The molecule has 0 aromatic heterocycles. The summed E-state index contributed by atoms with van der Waals surface area (Å²) in [5.41, 5.74) is 2.28. The standard InChI is InChI=1S/C37H55NO3/c1-6-7-8-9-10-11-12-13-14-15-16-17-18-22-33(39)38-37(25-20-19-21-31(37)34(40)41)29-23-24-30-32(28-29)36(4,5)27-26-35(30,2)3/h18-25,28,31H,6-17,26-27H2,1-5H3,(H,38,39)(H,40,41). The molecule has 0 spiro atoms. The van der Waals surface area contributed by atoms with Crippen LogP contribution in [0.1, 0.15) is 141 Å². The third-order valence-corrected chi connectivity index (χ3v) is 9.43. The molecule has 0 fully saturated rings. The van der Waals surface area contributed by atoms with Crippen LogP contribution in [0.3, 0.4) is 0 Å². The van der Waals surface area contributed by atoms with Crippen LogP contribution in [0, 0.1) is 5.92 Å². The zero-order valence-electron chi connectivity index (χ0n) is 26.4. The molecule has 2 atom stereocenters. The Kier molecular flexibility index (Phi) is 12.1. The fourth-order valence-electron chi connectivity index (χ4n) is 6.59. The molecule has 2 N–H and O–H groups in total. The number of fused-ring (bicyclic) bond motifs is 1. The molecule has 0 bridgehead atoms. The molecule has 4 heteroatoms. The summed E-state index contributed by atoms with van der Waals surface area (Å²) in [6.07, 6.45) is 28.0. The summed E-state index contributed by atoms with van der Waals surface area (Å²) in [4.78, 5) is 25.7. The van der Waals surface area contributed by atoms with Crippen LogP contribution in [0.2, 0.25) is 0 Å². The van der Waals surface area contributed by atoms with Gasteiger partial charge in [0.15, 0.2) is 0 Å². The smallest absolute Gasteiger partial charge is 0.313 e. The maximum Gasteiger partial charge on any atom is 0.313 e. The summed E-state index contributed by atoms with van der Waals surface area (Å²) < 4.78 is 0. The predicted octanol–water partition coefficient (Wildman–Crippen LogP) is 9.43. The van der Waals surface area contributed by atoms with Crippen LogP contribution in [0.25, 0.3) is 0 Å². The van der Waals surface area contributed by atoms with Crippen LogP contribution in [0.15, 0.2) is 54.7 Å². The van der Waals surface area contributed by atoms with E-state index in [1.54, 1.807) is 18.2 Å². The van der Waals surface area contributed by atoms with Crippen molar-refractivity contribution in [1.82, 2.24) is 5.32 Å². The summed E-state index contributed by atoms with van der Waals surface area (Å²) in [5, 5.41) is 13.4. The minimum Gasteiger partial charge on any atom is -0.481 e. The summed E-state index contributed by atoms with van der Waals surface area (Å²) >= 11 is 0. The molecule has 2 aliphatic rings. The minimum atomic E-state index is -1.15. The lowest BCUT2D eigenvalue weighted by Gasteiger charge is -2.44. The van der Waals surface area contributed by atoms with E-state index in [0.717, 1.165) is 31.2 Å². The van der Waals surface area contributed by atoms with Gasteiger partial charge in [-0.05, 0) is 59.3 Å². The zero-order chi connectivity index (χ0) is 29.9. The van der Waals surface area contributed by atoms with Crippen LogP contribution < -0.4 is 5.32 Å². The summed E-state index contributed by atoms with van der Waals surface area (Å²) in [5.74, 6) is -2.10. The Bertz CT molecular complexity index is 1110. The molecule has 226 valence electrons. The lowest BCUT2D eigenvalue weighted by atomic mass is 9.62. The van der Waals surface area contributed by atoms with E-state index < -0.39 is 17.4 Å². The van der Waals surface area contributed by atoms with E-state index in [0.29, 0.717) is 0 Å². The first-order valence-corrected chi connectivity index (χ1v) is 16.3. The van der Waals surface area contributed by atoms with Crippen LogP contribution in [0.4, 0.5) is 0 Å². The molecular formula is C37H55NO3. The predicted molar refractivity (Wildman–Crippen MR) is 171 cm³/mol. The molecule has 1 aromatic rings. The van der Waals surface area contributed by atoms with Crippen molar-refractivity contribution in [1.29, 1.82) is 0 Å². The van der Waals surface area contributed by atoms with E-state index in [-0.39, 0.29) is 16.7 Å². The van der Waals surface area contributed by atoms with Gasteiger partial charge in [-0.2, -0.15) is 0 Å². The highest BCUT2D eigenvalue weighted by Crippen LogP contribution is 2.47. The van der Waals surface area contributed by atoms with E-state index in [2.05, 4.69) is 52.1 Å². The van der Waals surface area contributed by atoms with E-state index in [9.17, 15) is 14.7 Å². The molecule has 0 saturated carbocycles. The third-order valence-electron chi connectivity index (χ3n) is 9.43. The number of carboxylic acids is 1. The number of rotatable bonds is 16. The zero-order valence-corrected chi connectivity index (χ0v) is 26.4. The quantitative estimate of drug-likeness (QED) is 0.156. The molecule has 0 radical (unpaired) electrons. The Morgan fingerprint density at radius 3 is 2.05 bits per heavy atom. The minimum absolute atomic E-state index is 0.0203. The number of amides is 1. The van der Waals surface area contributed by atoms with E-state index in [4.69, 9.17) is 0 Å². The normalized spacial score (nSPS) is 22.5. The Morgan fingerprint density at radius 1 is 0.854 bits per heavy atom. The number of hydrogen-bond acceptors (Lipinski definition) is 2. The maximum absolute atomic E-state index is 13.2.